The van der Waals surface area contributed by atoms with Crippen molar-refractivity contribution in [1.82, 2.24) is 4.90 Å². The predicted octanol–water partition coefficient (Wildman–Crippen LogP) is 2.33. The van der Waals surface area contributed by atoms with E-state index in [0.29, 0.717) is 32.1 Å². The smallest absolute Gasteiger partial charge is 0.331 e. The monoisotopic (exact) mass is 358 g/mol. The predicted molar refractivity (Wildman–Crippen MR) is 98.9 cm³/mol. The van der Waals surface area contributed by atoms with Crippen LogP contribution in [-0.2, 0) is 14.3 Å². The standard InChI is InChI=1S/C20H26N2O4/c1-14(16-7-8-16)13-19(24)26-15(2)20(25)22-11-9-21(10-12-22)17-5-3-4-6-18(17)23/h3-6,13,15-16,23H,7-12H2,1-2H3. The average Bonchev–Trinajstić information content (AvgIpc) is 3.47. The number of rotatable bonds is 5. The molecule has 1 amide bonds. The minimum absolute atomic E-state index is 0.173. The second kappa shape index (κ2) is 7.81. The summed E-state index contributed by atoms with van der Waals surface area (Å²) in [6, 6.07) is 7.19. The Morgan fingerprint density at radius 2 is 1.85 bits per heavy atom. The van der Waals surface area contributed by atoms with Crippen LogP contribution in [0.3, 0.4) is 0 Å². The average molecular weight is 358 g/mol. The number of aromatic hydroxyl groups is 1. The minimum atomic E-state index is -0.789. The van der Waals surface area contributed by atoms with Gasteiger partial charge in [0.25, 0.3) is 5.91 Å². The number of benzene rings is 1. The van der Waals surface area contributed by atoms with Gasteiger partial charge in [0.2, 0.25) is 0 Å². The maximum atomic E-state index is 12.5. The van der Waals surface area contributed by atoms with Crippen LogP contribution in [0.4, 0.5) is 5.69 Å². The molecule has 3 rings (SSSR count). The van der Waals surface area contributed by atoms with Gasteiger partial charge in [-0.1, -0.05) is 17.7 Å². The maximum Gasteiger partial charge on any atom is 0.331 e. The number of esters is 1. The highest BCUT2D eigenvalue weighted by atomic mass is 16.5. The van der Waals surface area contributed by atoms with Crippen LogP contribution in [0.2, 0.25) is 0 Å². The lowest BCUT2D eigenvalue weighted by Crippen LogP contribution is -2.51. The normalized spacial score (nSPS) is 19.2. The van der Waals surface area contributed by atoms with E-state index in [2.05, 4.69) is 4.90 Å². The van der Waals surface area contributed by atoms with Crippen LogP contribution < -0.4 is 4.90 Å². The zero-order valence-corrected chi connectivity index (χ0v) is 15.4. The summed E-state index contributed by atoms with van der Waals surface area (Å²) in [6.45, 7) is 5.88. The van der Waals surface area contributed by atoms with E-state index in [4.69, 9.17) is 4.74 Å². The summed E-state index contributed by atoms with van der Waals surface area (Å²) in [4.78, 5) is 28.3. The number of hydrogen-bond acceptors (Lipinski definition) is 5. The molecule has 6 heteroatoms. The Morgan fingerprint density at radius 3 is 2.46 bits per heavy atom. The first-order valence-corrected chi connectivity index (χ1v) is 9.16. The van der Waals surface area contributed by atoms with Gasteiger partial charge in [0, 0.05) is 32.3 Å². The minimum Gasteiger partial charge on any atom is -0.506 e. The number of piperazine rings is 1. The molecular weight excluding hydrogens is 332 g/mol. The Morgan fingerprint density at radius 1 is 1.19 bits per heavy atom. The summed E-state index contributed by atoms with van der Waals surface area (Å²) >= 11 is 0. The molecule has 1 aromatic carbocycles. The van der Waals surface area contributed by atoms with Gasteiger partial charge in [0.1, 0.15) is 5.75 Å². The second-order valence-corrected chi connectivity index (χ2v) is 7.04. The molecule has 26 heavy (non-hydrogen) atoms. The summed E-state index contributed by atoms with van der Waals surface area (Å²) in [7, 11) is 0. The number of nitrogens with zero attached hydrogens (tertiary/aromatic N) is 2. The molecule has 1 unspecified atom stereocenters. The number of anilines is 1. The van der Waals surface area contributed by atoms with Gasteiger partial charge in [-0.25, -0.2) is 4.79 Å². The molecule has 1 saturated carbocycles. The van der Waals surface area contributed by atoms with Gasteiger partial charge in [-0.2, -0.15) is 0 Å². The highest BCUT2D eigenvalue weighted by molar-refractivity contribution is 5.88. The molecular formula is C20H26N2O4. The van der Waals surface area contributed by atoms with Gasteiger partial charge in [-0.3, -0.25) is 4.79 Å². The molecule has 1 saturated heterocycles. The van der Waals surface area contributed by atoms with Crippen LogP contribution in [0, 0.1) is 5.92 Å². The third kappa shape index (κ3) is 4.36. The van der Waals surface area contributed by atoms with Gasteiger partial charge in [0.15, 0.2) is 6.10 Å². The SMILES string of the molecule is CC(=CC(=O)OC(C)C(=O)N1CCN(c2ccccc2O)CC1)C1CC1. The van der Waals surface area contributed by atoms with Crippen molar-refractivity contribution in [3.05, 3.63) is 35.9 Å². The Hall–Kier alpha value is -2.50. The molecule has 2 aliphatic rings. The Balaban J connectivity index is 1.50. The number of ether oxygens (including phenoxy) is 1. The van der Waals surface area contributed by atoms with Crippen molar-refractivity contribution in [3.8, 4) is 5.75 Å². The molecule has 6 nitrogen and oxygen atoms in total. The third-order valence-electron chi connectivity index (χ3n) is 5.02. The number of carbonyl (C=O) groups is 2. The molecule has 0 radical (unpaired) electrons. The lowest BCUT2D eigenvalue weighted by molar-refractivity contribution is -0.155. The lowest BCUT2D eigenvalue weighted by Gasteiger charge is -2.37. The van der Waals surface area contributed by atoms with Crippen molar-refractivity contribution in [2.24, 2.45) is 5.92 Å². The number of amides is 1. The Labute approximate surface area is 154 Å². The number of carbonyl (C=O) groups excluding carboxylic acids is 2. The van der Waals surface area contributed by atoms with Gasteiger partial charge in [-0.05, 0) is 44.7 Å². The zero-order chi connectivity index (χ0) is 18.7. The highest BCUT2D eigenvalue weighted by Gasteiger charge is 2.28. The van der Waals surface area contributed by atoms with E-state index in [-0.39, 0.29) is 11.7 Å². The molecule has 1 N–H and O–H groups in total. The largest absolute Gasteiger partial charge is 0.506 e. The van der Waals surface area contributed by atoms with Crippen molar-refractivity contribution in [1.29, 1.82) is 0 Å². The van der Waals surface area contributed by atoms with Crippen molar-refractivity contribution in [3.63, 3.8) is 0 Å². The molecule has 1 aromatic rings. The molecule has 2 fully saturated rings. The summed E-state index contributed by atoms with van der Waals surface area (Å²) in [5.41, 5.74) is 1.81. The van der Waals surface area contributed by atoms with Crippen molar-refractivity contribution in [2.75, 3.05) is 31.1 Å². The van der Waals surface area contributed by atoms with E-state index >= 15 is 0 Å². The van der Waals surface area contributed by atoms with E-state index in [1.54, 1.807) is 24.0 Å². The summed E-state index contributed by atoms with van der Waals surface area (Å²) in [5.74, 6) is 0.138. The second-order valence-electron chi connectivity index (χ2n) is 7.04. The highest BCUT2D eigenvalue weighted by Crippen LogP contribution is 2.36. The number of phenols is 1. The van der Waals surface area contributed by atoms with Crippen molar-refractivity contribution in [2.45, 2.75) is 32.8 Å². The summed E-state index contributed by atoms with van der Waals surface area (Å²) < 4.78 is 5.28. The van der Waals surface area contributed by atoms with Crippen LogP contribution in [0.1, 0.15) is 26.7 Å². The molecule has 1 aliphatic carbocycles. The van der Waals surface area contributed by atoms with Gasteiger partial charge >= 0.3 is 5.97 Å². The number of para-hydroxylation sites is 2. The van der Waals surface area contributed by atoms with E-state index in [0.717, 1.165) is 24.1 Å². The van der Waals surface area contributed by atoms with E-state index in [9.17, 15) is 14.7 Å². The number of allylic oxidation sites excluding steroid dienone is 1. The van der Waals surface area contributed by atoms with E-state index in [1.165, 1.54) is 6.08 Å². The fraction of sp³-hybridized carbons (Fsp3) is 0.500. The van der Waals surface area contributed by atoms with Crippen LogP contribution in [0.5, 0.6) is 5.75 Å². The Kier molecular flexibility index (Phi) is 5.49. The van der Waals surface area contributed by atoms with Crippen molar-refractivity contribution >= 4 is 17.6 Å². The fourth-order valence-electron chi connectivity index (χ4n) is 3.26. The number of hydrogen-bond donors (Lipinski definition) is 1. The van der Waals surface area contributed by atoms with Crippen LogP contribution in [0.15, 0.2) is 35.9 Å². The van der Waals surface area contributed by atoms with Crippen LogP contribution in [0.25, 0.3) is 0 Å². The molecule has 140 valence electrons. The zero-order valence-electron chi connectivity index (χ0n) is 15.4. The molecule has 1 heterocycles. The van der Waals surface area contributed by atoms with Crippen LogP contribution >= 0.6 is 0 Å². The maximum absolute atomic E-state index is 12.5. The number of phenolic OH excluding ortho intramolecular Hbond substituents is 1. The first kappa shape index (κ1) is 18.3. The summed E-state index contributed by atoms with van der Waals surface area (Å²) in [5, 5.41) is 9.96. The molecule has 0 aromatic heterocycles. The van der Waals surface area contributed by atoms with Crippen LogP contribution in [-0.4, -0.2) is 54.2 Å². The molecule has 1 atom stereocenters. The van der Waals surface area contributed by atoms with Gasteiger partial charge in [-0.15, -0.1) is 0 Å². The third-order valence-corrected chi connectivity index (χ3v) is 5.02. The van der Waals surface area contributed by atoms with Gasteiger partial charge in [0.05, 0.1) is 5.69 Å². The first-order chi connectivity index (χ1) is 12.5. The molecule has 0 spiro atoms. The lowest BCUT2D eigenvalue weighted by atomic mass is 10.2. The van der Waals surface area contributed by atoms with Crippen molar-refractivity contribution < 1.29 is 19.4 Å². The molecule has 0 bridgehead atoms. The Bertz CT molecular complexity index is 704. The topological polar surface area (TPSA) is 70.1 Å². The summed E-state index contributed by atoms with van der Waals surface area (Å²) in [6.07, 6.45) is 2.98. The quantitative estimate of drug-likeness (QED) is 0.646. The molecule has 1 aliphatic heterocycles. The fourth-order valence-corrected chi connectivity index (χ4v) is 3.26. The first-order valence-electron chi connectivity index (χ1n) is 9.16. The van der Waals surface area contributed by atoms with E-state index < -0.39 is 12.1 Å². The van der Waals surface area contributed by atoms with Gasteiger partial charge < -0.3 is 19.6 Å². The van der Waals surface area contributed by atoms with E-state index in [1.807, 2.05) is 19.1 Å².